The summed E-state index contributed by atoms with van der Waals surface area (Å²) in [6.07, 6.45) is 4.36. The molecule has 2 aliphatic carbocycles. The van der Waals surface area contributed by atoms with E-state index in [1.165, 1.54) is 18.2 Å². The Balaban J connectivity index is 1.50. The van der Waals surface area contributed by atoms with Crippen molar-refractivity contribution >= 4 is 35.3 Å². The molecule has 10 heteroatoms. The second kappa shape index (κ2) is 11.5. The number of hydrogen-bond donors (Lipinski definition) is 3. The van der Waals surface area contributed by atoms with Crippen molar-refractivity contribution in [1.29, 1.82) is 0 Å². The number of ketones is 1. The van der Waals surface area contributed by atoms with Crippen LogP contribution in [0.25, 0.3) is 0 Å². The Labute approximate surface area is 231 Å². The summed E-state index contributed by atoms with van der Waals surface area (Å²) in [5.74, 6) is -1.96. The third kappa shape index (κ3) is 6.87. The maximum absolute atomic E-state index is 13.1. The number of rotatable bonds is 14. The van der Waals surface area contributed by atoms with Crippen LogP contribution in [0.3, 0.4) is 0 Å². The van der Waals surface area contributed by atoms with Crippen molar-refractivity contribution in [3.05, 3.63) is 51.4 Å². The van der Waals surface area contributed by atoms with Crippen LogP contribution in [0.15, 0.2) is 22.7 Å². The summed E-state index contributed by atoms with van der Waals surface area (Å²) in [4.78, 5) is 47.2. The quantitative estimate of drug-likeness (QED) is 0.251. The van der Waals surface area contributed by atoms with E-state index in [2.05, 4.69) is 5.16 Å². The molecule has 0 aliphatic heterocycles. The molecule has 2 saturated carbocycles. The van der Waals surface area contributed by atoms with E-state index in [-0.39, 0.29) is 59.8 Å². The molecule has 4 rings (SSSR count). The number of hydrogen-bond acceptors (Lipinski definition) is 6. The largest absolute Gasteiger partial charge is 0.481 e. The predicted molar refractivity (Wildman–Crippen MR) is 141 cm³/mol. The van der Waals surface area contributed by atoms with Crippen molar-refractivity contribution in [2.75, 3.05) is 0 Å². The fourth-order valence-electron chi connectivity index (χ4n) is 5.64. The zero-order chi connectivity index (χ0) is 28.5. The van der Waals surface area contributed by atoms with Crippen molar-refractivity contribution in [2.45, 2.75) is 89.4 Å². The van der Waals surface area contributed by atoms with Gasteiger partial charge in [0.15, 0.2) is 0 Å². The maximum Gasteiger partial charge on any atom is 0.335 e. The molecule has 2 fully saturated rings. The van der Waals surface area contributed by atoms with Gasteiger partial charge in [0.05, 0.1) is 16.7 Å². The number of benzene rings is 1. The molecule has 0 radical (unpaired) electrons. The van der Waals surface area contributed by atoms with Gasteiger partial charge < -0.3 is 19.8 Å². The lowest BCUT2D eigenvalue weighted by molar-refractivity contribution is -0.148. The zero-order valence-corrected chi connectivity index (χ0v) is 22.9. The number of Topliss-reactive ketones (excluding diaryl/α,β-unsaturated/α-hetero) is 1. The molecule has 1 atom stereocenters. The van der Waals surface area contributed by atoms with Crippen molar-refractivity contribution in [3.8, 4) is 0 Å². The summed E-state index contributed by atoms with van der Waals surface area (Å²) >= 11 is 6.23. The molecule has 0 amide bonds. The first-order valence-electron chi connectivity index (χ1n) is 13.3. The highest BCUT2D eigenvalue weighted by atomic mass is 35.5. The van der Waals surface area contributed by atoms with E-state index in [4.69, 9.17) is 21.2 Å². The first-order chi connectivity index (χ1) is 18.4. The van der Waals surface area contributed by atoms with Crippen LogP contribution in [0.4, 0.5) is 0 Å². The number of carbonyl (C=O) groups is 4. The molecule has 39 heavy (non-hydrogen) atoms. The van der Waals surface area contributed by atoms with Gasteiger partial charge in [-0.05, 0) is 81.9 Å². The van der Waals surface area contributed by atoms with Gasteiger partial charge >= 0.3 is 17.9 Å². The fraction of sp³-hybridized carbons (Fsp3) is 0.552. The van der Waals surface area contributed by atoms with E-state index >= 15 is 0 Å². The van der Waals surface area contributed by atoms with Crippen LogP contribution in [0, 0.1) is 11.3 Å². The molecule has 210 valence electrons. The molecular weight excluding hydrogens is 526 g/mol. The van der Waals surface area contributed by atoms with E-state index in [0.717, 1.165) is 37.0 Å². The molecule has 1 heterocycles. The summed E-state index contributed by atoms with van der Waals surface area (Å²) in [6.45, 7) is 3.48. The van der Waals surface area contributed by atoms with Crippen LogP contribution in [-0.2, 0) is 20.8 Å². The van der Waals surface area contributed by atoms with Crippen molar-refractivity contribution in [1.82, 2.24) is 5.16 Å². The zero-order valence-electron chi connectivity index (χ0n) is 22.1. The fourth-order valence-corrected chi connectivity index (χ4v) is 5.88. The monoisotopic (exact) mass is 559 g/mol. The van der Waals surface area contributed by atoms with E-state index in [9.17, 15) is 29.4 Å². The molecule has 2 aromatic rings. The molecule has 1 aromatic heterocycles. The van der Waals surface area contributed by atoms with Gasteiger partial charge in [-0.1, -0.05) is 22.8 Å². The summed E-state index contributed by atoms with van der Waals surface area (Å²) in [5.41, 5.74) is 1.41. The van der Waals surface area contributed by atoms with Crippen LogP contribution in [-0.4, -0.2) is 44.2 Å². The lowest BCUT2D eigenvalue weighted by Gasteiger charge is -2.37. The van der Waals surface area contributed by atoms with Gasteiger partial charge in [-0.2, -0.15) is 0 Å². The molecule has 1 unspecified atom stereocenters. The third-order valence-corrected chi connectivity index (χ3v) is 8.36. The minimum Gasteiger partial charge on any atom is -0.481 e. The Morgan fingerprint density at radius 2 is 1.79 bits per heavy atom. The summed E-state index contributed by atoms with van der Waals surface area (Å²) in [7, 11) is 0. The topological polar surface area (TPSA) is 155 Å². The normalized spacial score (nSPS) is 19.8. The van der Waals surface area contributed by atoms with Gasteiger partial charge in [-0.25, -0.2) is 4.79 Å². The SMILES string of the molecule is CC(C)(CC1CC(c2onc(C(CCC(=O)O)CC(=O)Cc3ccc(C(=O)O)cc3Cl)c2C2CC2)C1)C(=O)O. The highest BCUT2D eigenvalue weighted by molar-refractivity contribution is 6.31. The van der Waals surface area contributed by atoms with Crippen LogP contribution < -0.4 is 0 Å². The summed E-state index contributed by atoms with van der Waals surface area (Å²) in [6, 6.07) is 4.24. The Morgan fingerprint density at radius 3 is 2.36 bits per heavy atom. The first kappa shape index (κ1) is 28.8. The second-order valence-electron chi connectivity index (χ2n) is 11.7. The molecular formula is C29H34ClNO8. The third-order valence-electron chi connectivity index (χ3n) is 8.01. The van der Waals surface area contributed by atoms with Crippen LogP contribution in [0.2, 0.25) is 5.02 Å². The average molecular weight is 560 g/mol. The number of carboxylic acids is 3. The Hall–Kier alpha value is -3.20. The average Bonchev–Trinajstić information content (AvgIpc) is 3.58. The number of halogens is 1. The van der Waals surface area contributed by atoms with Crippen molar-refractivity contribution < 1.29 is 39.0 Å². The Morgan fingerprint density at radius 1 is 1.10 bits per heavy atom. The van der Waals surface area contributed by atoms with Gasteiger partial charge in [0, 0.05) is 41.7 Å². The van der Waals surface area contributed by atoms with Crippen LogP contribution in [0.1, 0.15) is 116 Å². The van der Waals surface area contributed by atoms with Crippen LogP contribution >= 0.6 is 11.6 Å². The van der Waals surface area contributed by atoms with E-state index in [1.807, 2.05) is 0 Å². The van der Waals surface area contributed by atoms with Gasteiger partial charge in [0.25, 0.3) is 0 Å². The number of nitrogens with zero attached hydrogens (tertiary/aromatic N) is 1. The molecule has 9 nitrogen and oxygen atoms in total. The van der Waals surface area contributed by atoms with Gasteiger partial charge in [0.2, 0.25) is 0 Å². The molecule has 0 spiro atoms. The highest BCUT2D eigenvalue weighted by Gasteiger charge is 2.43. The second-order valence-corrected chi connectivity index (χ2v) is 12.1. The van der Waals surface area contributed by atoms with E-state index in [1.54, 1.807) is 13.8 Å². The van der Waals surface area contributed by atoms with Gasteiger partial charge in [-0.3, -0.25) is 14.4 Å². The van der Waals surface area contributed by atoms with Crippen LogP contribution in [0.5, 0.6) is 0 Å². The smallest absolute Gasteiger partial charge is 0.335 e. The number of aromatic nitrogens is 1. The van der Waals surface area contributed by atoms with Gasteiger partial charge in [-0.15, -0.1) is 0 Å². The molecule has 1 aromatic carbocycles. The Kier molecular flexibility index (Phi) is 8.49. The molecule has 0 saturated heterocycles. The lowest BCUT2D eigenvalue weighted by Crippen LogP contribution is -2.32. The predicted octanol–water partition coefficient (Wildman–Crippen LogP) is 6.05. The van der Waals surface area contributed by atoms with E-state index < -0.39 is 29.2 Å². The number of carboxylic acid groups (broad SMARTS) is 3. The highest BCUT2D eigenvalue weighted by Crippen LogP contribution is 2.53. The number of aromatic carboxylic acids is 1. The minimum absolute atomic E-state index is 0.00452. The first-order valence-corrected chi connectivity index (χ1v) is 13.7. The molecule has 2 aliphatic rings. The van der Waals surface area contributed by atoms with Gasteiger partial charge in [0.1, 0.15) is 11.5 Å². The van der Waals surface area contributed by atoms with Crippen molar-refractivity contribution in [2.24, 2.45) is 11.3 Å². The maximum atomic E-state index is 13.1. The lowest BCUT2D eigenvalue weighted by atomic mass is 9.66. The molecule has 3 N–H and O–H groups in total. The van der Waals surface area contributed by atoms with Crippen molar-refractivity contribution in [3.63, 3.8) is 0 Å². The standard InChI is InChI=1S/C29H34ClNO8/c1-29(2,28(37)38)14-15-9-20(10-15)26-24(16-3-4-16)25(31-39-26)18(7-8-23(33)34)12-21(32)11-17-5-6-19(27(35)36)13-22(17)30/h5-6,13,15-16,18,20H,3-4,7-12,14H2,1-2H3,(H,33,34)(H,35,36)(H,37,38). The number of carbonyl (C=O) groups excluding carboxylic acids is 1. The van der Waals surface area contributed by atoms with E-state index in [0.29, 0.717) is 17.7 Å². The summed E-state index contributed by atoms with van der Waals surface area (Å²) in [5, 5.41) is 32.5. The Bertz CT molecular complexity index is 1270. The molecule has 0 bridgehead atoms. The number of aliphatic carboxylic acids is 2. The summed E-state index contributed by atoms with van der Waals surface area (Å²) < 4.78 is 5.87. The minimum atomic E-state index is -1.11.